The minimum absolute atomic E-state index is 0.167. The van der Waals surface area contributed by atoms with Crippen LogP contribution in [-0.2, 0) is 9.59 Å². The average molecular weight is 326 g/mol. The van der Waals surface area contributed by atoms with Crippen LogP contribution in [-0.4, -0.2) is 17.0 Å². The Morgan fingerprint density at radius 1 is 1.18 bits per heavy atom. The van der Waals surface area contributed by atoms with Crippen molar-refractivity contribution in [1.29, 1.82) is 0 Å². The minimum atomic E-state index is -0.835. The first kappa shape index (κ1) is 18.5. The number of benzene rings is 1. The predicted octanol–water partition coefficient (Wildman–Crippen LogP) is 4.44. The highest BCUT2D eigenvalue weighted by Crippen LogP contribution is 2.25. The van der Waals surface area contributed by atoms with Crippen LogP contribution >= 0.6 is 11.6 Å². The number of rotatable bonds is 8. The zero-order valence-corrected chi connectivity index (χ0v) is 14.1. The standard InChI is InChI=1S/C17H24ClNO3/c1-11(2)8-9-13(17(21)22)12(3)10-16(20)19-15-7-5-4-6-14(15)18/h4-7,11-13H,8-10H2,1-3H3,(H,19,20)(H,21,22)/t12-,13+/m0/s1. The molecule has 1 aromatic rings. The molecular formula is C17H24ClNO3. The molecule has 0 spiro atoms. The highest BCUT2D eigenvalue weighted by molar-refractivity contribution is 6.33. The van der Waals surface area contributed by atoms with Crippen molar-refractivity contribution in [3.05, 3.63) is 29.3 Å². The summed E-state index contributed by atoms with van der Waals surface area (Å²) < 4.78 is 0. The topological polar surface area (TPSA) is 66.4 Å². The Kier molecular flexibility index (Phi) is 7.39. The molecule has 0 aromatic heterocycles. The van der Waals surface area contributed by atoms with E-state index in [4.69, 9.17) is 11.6 Å². The number of carbonyl (C=O) groups excluding carboxylic acids is 1. The maximum Gasteiger partial charge on any atom is 0.306 e. The number of nitrogens with one attached hydrogen (secondary N) is 1. The molecule has 1 aromatic carbocycles. The fraction of sp³-hybridized carbons (Fsp3) is 0.529. The Morgan fingerprint density at radius 2 is 1.82 bits per heavy atom. The lowest BCUT2D eigenvalue weighted by atomic mass is 9.85. The van der Waals surface area contributed by atoms with Gasteiger partial charge in [0.05, 0.1) is 16.6 Å². The summed E-state index contributed by atoms with van der Waals surface area (Å²) >= 11 is 5.99. The molecule has 22 heavy (non-hydrogen) atoms. The Morgan fingerprint density at radius 3 is 2.36 bits per heavy atom. The summed E-state index contributed by atoms with van der Waals surface area (Å²) in [6.07, 6.45) is 1.60. The van der Waals surface area contributed by atoms with Gasteiger partial charge in [-0.05, 0) is 30.4 Å². The molecule has 1 amide bonds. The van der Waals surface area contributed by atoms with E-state index < -0.39 is 11.9 Å². The molecule has 122 valence electrons. The maximum absolute atomic E-state index is 12.1. The molecule has 0 aliphatic carbocycles. The zero-order valence-electron chi connectivity index (χ0n) is 13.3. The van der Waals surface area contributed by atoms with Crippen LogP contribution < -0.4 is 5.32 Å². The van der Waals surface area contributed by atoms with Gasteiger partial charge in [-0.25, -0.2) is 0 Å². The van der Waals surface area contributed by atoms with Crippen molar-refractivity contribution in [3.8, 4) is 0 Å². The van der Waals surface area contributed by atoms with Gasteiger partial charge in [0, 0.05) is 6.42 Å². The van der Waals surface area contributed by atoms with Crippen LogP contribution in [0.2, 0.25) is 5.02 Å². The van der Waals surface area contributed by atoms with Crippen molar-refractivity contribution in [2.75, 3.05) is 5.32 Å². The van der Waals surface area contributed by atoms with E-state index in [1.807, 2.05) is 6.92 Å². The van der Waals surface area contributed by atoms with Gasteiger partial charge in [-0.1, -0.05) is 50.9 Å². The van der Waals surface area contributed by atoms with Crippen molar-refractivity contribution < 1.29 is 14.7 Å². The lowest BCUT2D eigenvalue weighted by Gasteiger charge is -2.20. The second-order valence-electron chi connectivity index (χ2n) is 6.13. The van der Waals surface area contributed by atoms with Crippen molar-refractivity contribution in [2.24, 2.45) is 17.8 Å². The van der Waals surface area contributed by atoms with Crippen LogP contribution in [0.5, 0.6) is 0 Å². The first-order valence-corrected chi connectivity index (χ1v) is 7.96. The lowest BCUT2D eigenvalue weighted by Crippen LogP contribution is -2.26. The fourth-order valence-electron chi connectivity index (χ4n) is 2.36. The van der Waals surface area contributed by atoms with Gasteiger partial charge >= 0.3 is 5.97 Å². The number of carbonyl (C=O) groups is 2. The van der Waals surface area contributed by atoms with Crippen LogP contribution in [0.3, 0.4) is 0 Å². The Hall–Kier alpha value is -1.55. The lowest BCUT2D eigenvalue weighted by molar-refractivity contribution is -0.144. The summed E-state index contributed by atoms with van der Waals surface area (Å²) in [6.45, 7) is 5.94. The molecule has 4 nitrogen and oxygen atoms in total. The van der Waals surface area contributed by atoms with Crippen molar-refractivity contribution in [1.82, 2.24) is 0 Å². The van der Waals surface area contributed by atoms with Crippen LogP contribution in [0, 0.1) is 17.8 Å². The SMILES string of the molecule is CC(C)CC[C@@H](C(=O)O)[C@@H](C)CC(=O)Nc1ccccc1Cl. The van der Waals surface area contributed by atoms with E-state index in [1.165, 1.54) is 0 Å². The molecule has 0 heterocycles. The molecule has 0 fully saturated rings. The van der Waals surface area contributed by atoms with E-state index in [0.717, 1.165) is 6.42 Å². The Labute approximate surface area is 136 Å². The summed E-state index contributed by atoms with van der Waals surface area (Å²) in [5.74, 6) is -1.32. The van der Waals surface area contributed by atoms with Crippen LogP contribution in [0.15, 0.2) is 24.3 Å². The number of carboxylic acids is 1. The van der Waals surface area contributed by atoms with Gasteiger partial charge in [-0.3, -0.25) is 9.59 Å². The van der Waals surface area contributed by atoms with Crippen LogP contribution in [0.4, 0.5) is 5.69 Å². The van der Waals surface area contributed by atoms with Gasteiger partial charge in [-0.2, -0.15) is 0 Å². The molecule has 5 heteroatoms. The molecule has 0 unspecified atom stereocenters. The molecule has 1 rings (SSSR count). The summed E-state index contributed by atoms with van der Waals surface area (Å²) in [5.41, 5.74) is 0.551. The molecule has 2 atom stereocenters. The van der Waals surface area contributed by atoms with Crippen LogP contribution in [0.25, 0.3) is 0 Å². The maximum atomic E-state index is 12.1. The number of hydrogen-bond donors (Lipinski definition) is 2. The largest absolute Gasteiger partial charge is 0.481 e. The number of hydrogen-bond acceptors (Lipinski definition) is 2. The average Bonchev–Trinajstić information content (AvgIpc) is 2.40. The second kappa shape index (κ2) is 8.79. The normalized spacial score (nSPS) is 13.7. The molecule has 0 radical (unpaired) electrons. The van der Waals surface area contributed by atoms with E-state index in [2.05, 4.69) is 19.2 Å². The molecular weight excluding hydrogens is 302 g/mol. The quantitative estimate of drug-likeness (QED) is 0.742. The highest BCUT2D eigenvalue weighted by atomic mass is 35.5. The number of carboxylic acid groups (broad SMARTS) is 1. The van der Waals surface area contributed by atoms with E-state index >= 15 is 0 Å². The Bertz CT molecular complexity index is 516. The predicted molar refractivity (Wildman–Crippen MR) is 89.1 cm³/mol. The minimum Gasteiger partial charge on any atom is -0.481 e. The van der Waals surface area contributed by atoms with E-state index in [0.29, 0.717) is 23.0 Å². The first-order valence-electron chi connectivity index (χ1n) is 7.58. The molecule has 0 saturated carbocycles. The molecule has 0 bridgehead atoms. The number of anilines is 1. The highest BCUT2D eigenvalue weighted by Gasteiger charge is 2.26. The number of aliphatic carboxylic acids is 1. The van der Waals surface area contributed by atoms with Gasteiger partial charge in [0.2, 0.25) is 5.91 Å². The number of para-hydroxylation sites is 1. The summed E-state index contributed by atoms with van der Waals surface area (Å²) in [4.78, 5) is 23.5. The molecule has 0 saturated heterocycles. The number of amides is 1. The van der Waals surface area contributed by atoms with Crippen molar-refractivity contribution in [3.63, 3.8) is 0 Å². The van der Waals surface area contributed by atoms with Crippen molar-refractivity contribution >= 4 is 29.2 Å². The monoisotopic (exact) mass is 325 g/mol. The third-order valence-electron chi connectivity index (χ3n) is 3.71. The summed E-state index contributed by atoms with van der Waals surface area (Å²) in [7, 11) is 0. The van der Waals surface area contributed by atoms with Gasteiger partial charge in [0.1, 0.15) is 0 Å². The summed E-state index contributed by atoms with van der Waals surface area (Å²) in [5, 5.41) is 12.6. The van der Waals surface area contributed by atoms with E-state index in [1.54, 1.807) is 24.3 Å². The molecule has 2 N–H and O–H groups in total. The van der Waals surface area contributed by atoms with Gasteiger partial charge in [-0.15, -0.1) is 0 Å². The van der Waals surface area contributed by atoms with Gasteiger partial charge in [0.25, 0.3) is 0 Å². The van der Waals surface area contributed by atoms with E-state index in [-0.39, 0.29) is 18.2 Å². The van der Waals surface area contributed by atoms with Crippen LogP contribution in [0.1, 0.15) is 40.0 Å². The fourth-order valence-corrected chi connectivity index (χ4v) is 2.55. The molecule has 0 aliphatic rings. The third kappa shape index (κ3) is 6.06. The molecule has 0 aliphatic heterocycles. The number of halogens is 1. The summed E-state index contributed by atoms with van der Waals surface area (Å²) in [6, 6.07) is 6.99. The first-order chi connectivity index (χ1) is 10.3. The van der Waals surface area contributed by atoms with Crippen molar-refractivity contribution in [2.45, 2.75) is 40.0 Å². The van der Waals surface area contributed by atoms with Gasteiger partial charge < -0.3 is 10.4 Å². The Balaban J connectivity index is 2.61. The van der Waals surface area contributed by atoms with Gasteiger partial charge in [0.15, 0.2) is 0 Å². The van der Waals surface area contributed by atoms with E-state index in [9.17, 15) is 14.7 Å². The zero-order chi connectivity index (χ0) is 16.7. The third-order valence-corrected chi connectivity index (χ3v) is 4.04. The second-order valence-corrected chi connectivity index (χ2v) is 6.53. The smallest absolute Gasteiger partial charge is 0.306 e.